The molecule has 1 aliphatic heterocycles. The van der Waals surface area contributed by atoms with Crippen LogP contribution in [0.5, 0.6) is 17.2 Å². The fraction of sp³-hybridized carbons (Fsp3) is 0.263. The molecule has 1 amide bonds. The number of aryl methyl sites for hydroxylation is 1. The highest BCUT2D eigenvalue weighted by atomic mass is 16.7. The van der Waals surface area contributed by atoms with Crippen LogP contribution in [0.1, 0.15) is 11.1 Å². The number of ether oxygens (including phenoxy) is 4. The lowest BCUT2D eigenvalue weighted by Gasteiger charge is -2.10. The monoisotopic (exact) mass is 357 g/mol. The van der Waals surface area contributed by atoms with Crippen molar-refractivity contribution in [3.63, 3.8) is 0 Å². The Morgan fingerprint density at radius 2 is 1.92 bits per heavy atom. The molecule has 0 fully saturated rings. The predicted octanol–water partition coefficient (Wildman–Crippen LogP) is 2.46. The lowest BCUT2D eigenvalue weighted by atomic mass is 10.1. The topological polar surface area (TPSA) is 83.1 Å². The molecule has 0 saturated carbocycles. The van der Waals surface area contributed by atoms with Gasteiger partial charge in [-0.25, -0.2) is 0 Å². The zero-order chi connectivity index (χ0) is 18.5. The average Bonchev–Trinajstić information content (AvgIpc) is 3.08. The molecule has 2 aromatic rings. The molecule has 0 unspecified atom stereocenters. The van der Waals surface area contributed by atoms with Gasteiger partial charge >= 0.3 is 5.97 Å². The fourth-order valence-electron chi connectivity index (χ4n) is 2.57. The molecule has 0 bridgehead atoms. The maximum Gasteiger partial charge on any atom is 0.310 e. The summed E-state index contributed by atoms with van der Waals surface area (Å²) in [5.74, 6) is 0.855. The Hall–Kier alpha value is -3.22. The maximum absolute atomic E-state index is 12.0. The van der Waals surface area contributed by atoms with E-state index in [1.165, 1.54) is 7.11 Å². The van der Waals surface area contributed by atoms with E-state index in [2.05, 4.69) is 5.32 Å². The quantitative estimate of drug-likeness (QED) is 0.800. The third-order valence-corrected chi connectivity index (χ3v) is 3.79. The van der Waals surface area contributed by atoms with Gasteiger partial charge in [0.1, 0.15) is 5.75 Å². The summed E-state index contributed by atoms with van der Waals surface area (Å²) >= 11 is 0. The molecule has 26 heavy (non-hydrogen) atoms. The number of amides is 1. The first-order chi connectivity index (χ1) is 12.5. The highest BCUT2D eigenvalue weighted by Gasteiger charge is 2.15. The van der Waals surface area contributed by atoms with Gasteiger partial charge < -0.3 is 24.3 Å². The van der Waals surface area contributed by atoms with Crippen LogP contribution in [0.25, 0.3) is 0 Å². The number of benzene rings is 2. The van der Waals surface area contributed by atoms with E-state index < -0.39 is 11.9 Å². The van der Waals surface area contributed by atoms with Crippen molar-refractivity contribution in [3.05, 3.63) is 47.5 Å². The third kappa shape index (κ3) is 4.24. The molecule has 7 nitrogen and oxygen atoms in total. The minimum atomic E-state index is -0.505. The van der Waals surface area contributed by atoms with Gasteiger partial charge in [-0.3, -0.25) is 9.59 Å². The van der Waals surface area contributed by atoms with Crippen LogP contribution < -0.4 is 19.5 Å². The van der Waals surface area contributed by atoms with Gasteiger partial charge in [0.15, 0.2) is 18.1 Å². The normalized spacial score (nSPS) is 11.8. The maximum atomic E-state index is 12.0. The van der Waals surface area contributed by atoms with Gasteiger partial charge in [0.25, 0.3) is 5.91 Å². The van der Waals surface area contributed by atoms with Gasteiger partial charge in [0.2, 0.25) is 6.79 Å². The average molecular weight is 357 g/mol. The number of carbonyl (C=O) groups excluding carboxylic acids is 2. The lowest BCUT2D eigenvalue weighted by molar-refractivity contribution is -0.146. The summed E-state index contributed by atoms with van der Waals surface area (Å²) in [4.78, 5) is 24.0. The van der Waals surface area contributed by atoms with Crippen molar-refractivity contribution in [3.8, 4) is 17.2 Å². The number of anilines is 1. The Balaban J connectivity index is 1.51. The Labute approximate surface area is 150 Å². The van der Waals surface area contributed by atoms with E-state index >= 15 is 0 Å². The SMILES string of the molecule is COc1ccc(C)cc1CC(=O)OCC(=O)Nc1ccc2c(c1)OCO2. The van der Waals surface area contributed by atoms with Crippen LogP contribution in [0.3, 0.4) is 0 Å². The molecule has 0 aromatic heterocycles. The van der Waals surface area contributed by atoms with Gasteiger partial charge in [0, 0.05) is 17.3 Å². The number of methoxy groups -OCH3 is 1. The molecule has 0 radical (unpaired) electrons. The van der Waals surface area contributed by atoms with Crippen molar-refractivity contribution in [2.24, 2.45) is 0 Å². The molecule has 2 aromatic carbocycles. The number of fused-ring (bicyclic) bond motifs is 1. The van der Waals surface area contributed by atoms with Gasteiger partial charge in [-0.15, -0.1) is 0 Å². The summed E-state index contributed by atoms with van der Waals surface area (Å²) in [6.07, 6.45) is 0.0299. The van der Waals surface area contributed by atoms with Crippen molar-refractivity contribution in [2.45, 2.75) is 13.3 Å². The first kappa shape index (κ1) is 17.6. The summed E-state index contributed by atoms with van der Waals surface area (Å²) < 4.78 is 20.7. The number of rotatable bonds is 6. The molecule has 1 N–H and O–H groups in total. The molecule has 1 aliphatic rings. The number of hydrogen-bond acceptors (Lipinski definition) is 6. The second-order valence-corrected chi connectivity index (χ2v) is 5.77. The first-order valence-electron chi connectivity index (χ1n) is 8.04. The zero-order valence-electron chi connectivity index (χ0n) is 14.5. The van der Waals surface area contributed by atoms with E-state index in [1.807, 2.05) is 19.1 Å². The van der Waals surface area contributed by atoms with E-state index in [0.29, 0.717) is 28.5 Å². The van der Waals surface area contributed by atoms with Gasteiger partial charge in [0.05, 0.1) is 13.5 Å². The van der Waals surface area contributed by atoms with E-state index in [4.69, 9.17) is 18.9 Å². The number of esters is 1. The van der Waals surface area contributed by atoms with Crippen LogP contribution in [0.2, 0.25) is 0 Å². The number of hydrogen-bond donors (Lipinski definition) is 1. The summed E-state index contributed by atoms with van der Waals surface area (Å²) in [5.41, 5.74) is 2.26. The first-order valence-corrected chi connectivity index (χ1v) is 8.04. The summed E-state index contributed by atoms with van der Waals surface area (Å²) in [7, 11) is 1.54. The van der Waals surface area contributed by atoms with Crippen LogP contribution >= 0.6 is 0 Å². The lowest BCUT2D eigenvalue weighted by Crippen LogP contribution is -2.21. The van der Waals surface area contributed by atoms with Gasteiger partial charge in [-0.05, 0) is 25.1 Å². The minimum absolute atomic E-state index is 0.0299. The molecular weight excluding hydrogens is 338 g/mol. The molecule has 0 atom stereocenters. The molecule has 7 heteroatoms. The Morgan fingerprint density at radius 1 is 1.12 bits per heavy atom. The molecule has 136 valence electrons. The standard InChI is InChI=1S/C19H19NO6/c1-12-3-5-15(23-2)13(7-12)8-19(22)24-10-18(21)20-14-4-6-16-17(9-14)26-11-25-16/h3-7,9H,8,10-11H2,1-2H3,(H,20,21). The van der Waals surface area contributed by atoms with Crippen molar-refractivity contribution >= 4 is 17.6 Å². The molecule has 3 rings (SSSR count). The third-order valence-electron chi connectivity index (χ3n) is 3.79. The highest BCUT2D eigenvalue weighted by Crippen LogP contribution is 2.34. The van der Waals surface area contributed by atoms with E-state index in [-0.39, 0.29) is 19.8 Å². The molecule has 0 spiro atoms. The van der Waals surface area contributed by atoms with Crippen LogP contribution in [-0.2, 0) is 20.7 Å². The zero-order valence-corrected chi connectivity index (χ0v) is 14.5. The Bertz CT molecular complexity index is 833. The Kier molecular flexibility index (Phi) is 5.26. The fourth-order valence-corrected chi connectivity index (χ4v) is 2.57. The molecule has 1 heterocycles. The summed E-state index contributed by atoms with van der Waals surface area (Å²) in [6, 6.07) is 10.6. The number of nitrogens with one attached hydrogen (secondary N) is 1. The van der Waals surface area contributed by atoms with E-state index in [1.54, 1.807) is 24.3 Å². The van der Waals surface area contributed by atoms with Gasteiger partial charge in [-0.2, -0.15) is 0 Å². The van der Waals surface area contributed by atoms with Crippen LogP contribution in [0.15, 0.2) is 36.4 Å². The second kappa shape index (κ2) is 7.77. The minimum Gasteiger partial charge on any atom is -0.496 e. The number of carbonyl (C=O) groups is 2. The van der Waals surface area contributed by atoms with Crippen LogP contribution in [0, 0.1) is 6.92 Å². The van der Waals surface area contributed by atoms with Crippen LogP contribution in [-0.4, -0.2) is 32.4 Å². The van der Waals surface area contributed by atoms with E-state index in [9.17, 15) is 9.59 Å². The van der Waals surface area contributed by atoms with Crippen molar-refractivity contribution < 1.29 is 28.5 Å². The second-order valence-electron chi connectivity index (χ2n) is 5.77. The molecule has 0 saturated heterocycles. The smallest absolute Gasteiger partial charge is 0.310 e. The Morgan fingerprint density at radius 3 is 2.73 bits per heavy atom. The molecule has 0 aliphatic carbocycles. The summed E-state index contributed by atoms with van der Waals surface area (Å²) in [6.45, 7) is 1.71. The van der Waals surface area contributed by atoms with Gasteiger partial charge in [-0.1, -0.05) is 17.7 Å². The molecular formula is C19H19NO6. The largest absolute Gasteiger partial charge is 0.496 e. The van der Waals surface area contributed by atoms with Crippen molar-refractivity contribution in [1.29, 1.82) is 0 Å². The van der Waals surface area contributed by atoms with Crippen molar-refractivity contribution in [1.82, 2.24) is 0 Å². The van der Waals surface area contributed by atoms with Crippen molar-refractivity contribution in [2.75, 3.05) is 25.8 Å². The van der Waals surface area contributed by atoms with Crippen LogP contribution in [0.4, 0.5) is 5.69 Å². The predicted molar refractivity (Wildman–Crippen MR) is 93.6 cm³/mol. The highest BCUT2D eigenvalue weighted by molar-refractivity contribution is 5.93. The van der Waals surface area contributed by atoms with E-state index in [0.717, 1.165) is 5.56 Å². The summed E-state index contributed by atoms with van der Waals surface area (Å²) in [5, 5.41) is 2.65.